The lowest BCUT2D eigenvalue weighted by molar-refractivity contribution is -0.139. The average molecular weight is 398 g/mol. The summed E-state index contributed by atoms with van der Waals surface area (Å²) in [7, 11) is 0. The van der Waals surface area contributed by atoms with Gasteiger partial charge in [0.2, 0.25) is 0 Å². The van der Waals surface area contributed by atoms with E-state index in [9.17, 15) is 14.7 Å². The zero-order valence-electron chi connectivity index (χ0n) is 18.6. The molecule has 1 atom stereocenters. The molecule has 0 aromatic heterocycles. The van der Waals surface area contributed by atoms with Crippen LogP contribution in [0.15, 0.2) is 12.2 Å². The fraction of sp³-hybridized carbons (Fsp3) is 0.826. The molecular formula is C23H43NO4. The Hall–Kier alpha value is -1.52. The molecule has 2 N–H and O–H groups in total. The molecule has 0 saturated carbocycles. The van der Waals surface area contributed by atoms with Crippen LogP contribution in [0.1, 0.15) is 111 Å². The highest BCUT2D eigenvalue weighted by atomic mass is 16.6. The van der Waals surface area contributed by atoms with Crippen molar-refractivity contribution >= 4 is 12.1 Å². The van der Waals surface area contributed by atoms with Crippen molar-refractivity contribution < 1.29 is 19.4 Å². The van der Waals surface area contributed by atoms with Crippen molar-refractivity contribution in [2.24, 2.45) is 0 Å². The molecule has 0 spiro atoms. The summed E-state index contributed by atoms with van der Waals surface area (Å²) in [6.45, 7) is 7.51. The van der Waals surface area contributed by atoms with Gasteiger partial charge in [0.15, 0.2) is 0 Å². The Kier molecular flexibility index (Phi) is 15.5. The number of carboxylic acid groups (broad SMARTS) is 1. The van der Waals surface area contributed by atoms with Crippen LogP contribution < -0.4 is 5.32 Å². The Labute approximate surface area is 172 Å². The van der Waals surface area contributed by atoms with Gasteiger partial charge in [-0.1, -0.05) is 70.4 Å². The highest BCUT2D eigenvalue weighted by Crippen LogP contribution is 2.11. The third-order valence-electron chi connectivity index (χ3n) is 4.49. The van der Waals surface area contributed by atoms with Crippen molar-refractivity contribution in [1.82, 2.24) is 5.32 Å². The SMILES string of the molecule is CCCCCCCC/C=C\CCCCCC[C@H](NC(=O)OC(C)(C)C)C(=O)O. The predicted octanol–water partition coefficient (Wildman–Crippen LogP) is 6.61. The Morgan fingerprint density at radius 1 is 0.893 bits per heavy atom. The minimum Gasteiger partial charge on any atom is -0.480 e. The van der Waals surface area contributed by atoms with E-state index in [1.807, 2.05) is 0 Å². The lowest BCUT2D eigenvalue weighted by Crippen LogP contribution is -2.43. The molecule has 0 unspecified atom stereocenters. The van der Waals surface area contributed by atoms with Crippen LogP contribution in [-0.2, 0) is 9.53 Å². The van der Waals surface area contributed by atoms with E-state index < -0.39 is 23.7 Å². The molecule has 164 valence electrons. The first-order valence-electron chi connectivity index (χ1n) is 11.1. The van der Waals surface area contributed by atoms with Crippen LogP contribution >= 0.6 is 0 Å². The van der Waals surface area contributed by atoms with E-state index in [0.717, 1.165) is 32.1 Å². The number of carbonyl (C=O) groups is 2. The highest BCUT2D eigenvalue weighted by molar-refractivity contribution is 5.79. The van der Waals surface area contributed by atoms with Crippen LogP contribution in [0.25, 0.3) is 0 Å². The van der Waals surface area contributed by atoms with Crippen molar-refractivity contribution in [2.75, 3.05) is 0 Å². The van der Waals surface area contributed by atoms with Gasteiger partial charge in [-0.25, -0.2) is 9.59 Å². The van der Waals surface area contributed by atoms with Gasteiger partial charge >= 0.3 is 12.1 Å². The van der Waals surface area contributed by atoms with Crippen LogP contribution in [-0.4, -0.2) is 28.8 Å². The molecule has 0 aromatic carbocycles. The number of allylic oxidation sites excluding steroid dienone is 2. The molecule has 0 bridgehead atoms. The summed E-state index contributed by atoms with van der Waals surface area (Å²) in [6.07, 6.45) is 18.6. The number of nitrogens with one attached hydrogen (secondary N) is 1. The summed E-state index contributed by atoms with van der Waals surface area (Å²) in [6, 6.07) is -0.882. The third kappa shape index (κ3) is 17.9. The molecule has 1 amide bonds. The normalized spacial score (nSPS) is 12.9. The molecule has 0 saturated heterocycles. The fourth-order valence-electron chi connectivity index (χ4n) is 2.95. The maximum atomic E-state index is 11.7. The van der Waals surface area contributed by atoms with Gasteiger partial charge in [0.05, 0.1) is 0 Å². The number of amides is 1. The first-order valence-corrected chi connectivity index (χ1v) is 11.1. The molecule has 0 rings (SSSR count). The first-order chi connectivity index (χ1) is 13.3. The van der Waals surface area contributed by atoms with Crippen molar-refractivity contribution in [3.05, 3.63) is 12.2 Å². The summed E-state index contributed by atoms with van der Waals surface area (Å²) < 4.78 is 5.12. The summed E-state index contributed by atoms with van der Waals surface area (Å²) in [4.78, 5) is 23.0. The average Bonchev–Trinajstić information content (AvgIpc) is 2.59. The smallest absolute Gasteiger partial charge is 0.408 e. The Balaban J connectivity index is 3.69. The monoisotopic (exact) mass is 397 g/mol. The molecule has 0 aliphatic rings. The second-order valence-corrected chi connectivity index (χ2v) is 8.56. The minimum absolute atomic E-state index is 0.433. The second-order valence-electron chi connectivity index (χ2n) is 8.56. The standard InChI is InChI=1S/C23H43NO4/c1-5-6-7-8-9-10-11-12-13-14-15-16-17-18-19-20(21(25)26)24-22(27)28-23(2,3)4/h12-13,20H,5-11,14-19H2,1-4H3,(H,24,27)(H,25,26)/b13-12-/t20-/m0/s1. The number of carboxylic acids is 1. The van der Waals surface area contributed by atoms with Crippen LogP contribution in [0, 0.1) is 0 Å². The lowest BCUT2D eigenvalue weighted by Gasteiger charge is -2.22. The summed E-state index contributed by atoms with van der Waals surface area (Å²) in [5, 5.41) is 11.7. The quantitative estimate of drug-likeness (QED) is 0.227. The van der Waals surface area contributed by atoms with Crippen LogP contribution in [0.2, 0.25) is 0 Å². The molecule has 0 aliphatic carbocycles. The number of unbranched alkanes of at least 4 members (excludes halogenated alkanes) is 10. The van der Waals surface area contributed by atoms with Crippen molar-refractivity contribution in [2.45, 2.75) is 123 Å². The maximum absolute atomic E-state index is 11.7. The number of carbonyl (C=O) groups excluding carboxylic acids is 1. The van der Waals surface area contributed by atoms with Gasteiger partial charge in [-0.15, -0.1) is 0 Å². The number of aliphatic carboxylic acids is 1. The summed E-state index contributed by atoms with van der Waals surface area (Å²) in [5.74, 6) is -1.01. The number of rotatable bonds is 16. The molecule has 0 fully saturated rings. The fourth-order valence-corrected chi connectivity index (χ4v) is 2.95. The van der Waals surface area contributed by atoms with Gasteiger partial charge in [-0.3, -0.25) is 0 Å². The van der Waals surface area contributed by atoms with Crippen LogP contribution in [0.4, 0.5) is 4.79 Å². The second kappa shape index (κ2) is 16.4. The molecule has 0 aliphatic heterocycles. The van der Waals surface area contributed by atoms with Gasteiger partial charge in [-0.2, -0.15) is 0 Å². The van der Waals surface area contributed by atoms with E-state index in [0.29, 0.717) is 6.42 Å². The van der Waals surface area contributed by atoms with E-state index >= 15 is 0 Å². The van der Waals surface area contributed by atoms with E-state index in [1.165, 1.54) is 44.9 Å². The first kappa shape index (κ1) is 26.5. The number of alkyl carbamates (subject to hydrolysis) is 1. The van der Waals surface area contributed by atoms with E-state index in [1.54, 1.807) is 20.8 Å². The van der Waals surface area contributed by atoms with Crippen molar-refractivity contribution in [3.63, 3.8) is 0 Å². The highest BCUT2D eigenvalue weighted by Gasteiger charge is 2.23. The van der Waals surface area contributed by atoms with Gasteiger partial charge < -0.3 is 15.2 Å². The van der Waals surface area contributed by atoms with Gasteiger partial charge in [0, 0.05) is 0 Å². The summed E-state index contributed by atoms with van der Waals surface area (Å²) >= 11 is 0. The minimum atomic E-state index is -1.01. The molecule has 5 nitrogen and oxygen atoms in total. The van der Waals surface area contributed by atoms with Gasteiger partial charge in [-0.05, 0) is 52.9 Å². The molecule has 0 radical (unpaired) electrons. The van der Waals surface area contributed by atoms with E-state index in [2.05, 4.69) is 24.4 Å². The van der Waals surface area contributed by atoms with E-state index in [-0.39, 0.29) is 0 Å². The van der Waals surface area contributed by atoms with E-state index in [4.69, 9.17) is 4.74 Å². The molecule has 5 heteroatoms. The lowest BCUT2D eigenvalue weighted by atomic mass is 10.1. The largest absolute Gasteiger partial charge is 0.480 e. The number of hydrogen-bond donors (Lipinski definition) is 2. The Bertz CT molecular complexity index is 440. The van der Waals surface area contributed by atoms with Crippen LogP contribution in [0.3, 0.4) is 0 Å². The topological polar surface area (TPSA) is 75.6 Å². The zero-order valence-corrected chi connectivity index (χ0v) is 18.6. The Morgan fingerprint density at radius 2 is 1.39 bits per heavy atom. The van der Waals surface area contributed by atoms with Crippen LogP contribution in [0.5, 0.6) is 0 Å². The maximum Gasteiger partial charge on any atom is 0.408 e. The zero-order chi connectivity index (χ0) is 21.3. The third-order valence-corrected chi connectivity index (χ3v) is 4.49. The molecular weight excluding hydrogens is 354 g/mol. The number of hydrogen-bond acceptors (Lipinski definition) is 3. The molecule has 0 heterocycles. The Morgan fingerprint density at radius 3 is 1.89 bits per heavy atom. The van der Waals surface area contributed by atoms with Crippen molar-refractivity contribution in [1.29, 1.82) is 0 Å². The van der Waals surface area contributed by atoms with Gasteiger partial charge in [0.25, 0.3) is 0 Å². The summed E-state index contributed by atoms with van der Waals surface area (Å²) in [5.41, 5.74) is -0.629. The predicted molar refractivity (Wildman–Crippen MR) is 116 cm³/mol. The molecule has 0 aromatic rings. The van der Waals surface area contributed by atoms with Gasteiger partial charge in [0.1, 0.15) is 11.6 Å². The number of ether oxygens (including phenoxy) is 1. The molecule has 28 heavy (non-hydrogen) atoms. The van der Waals surface area contributed by atoms with Crippen molar-refractivity contribution in [3.8, 4) is 0 Å².